The summed E-state index contributed by atoms with van der Waals surface area (Å²) in [5.41, 5.74) is -1.05. The first-order valence-electron chi connectivity index (χ1n) is 6.83. The minimum Gasteiger partial charge on any atom is -0.383 e. The van der Waals surface area contributed by atoms with Gasteiger partial charge >= 0.3 is 0 Å². The zero-order valence-electron chi connectivity index (χ0n) is 12.0. The molecule has 1 N–H and O–H groups in total. The lowest BCUT2D eigenvalue weighted by Gasteiger charge is -2.34. The number of hydrogen-bond donors (Lipinski definition) is 1. The number of rotatable bonds is 4. The number of ether oxygens (including phenoxy) is 1. The third kappa shape index (κ3) is 2.63. The maximum Gasteiger partial charge on any atom is 0.243 e. The van der Waals surface area contributed by atoms with E-state index in [4.69, 9.17) is 4.74 Å². The minimum atomic E-state index is -1.05. The van der Waals surface area contributed by atoms with Gasteiger partial charge in [0.1, 0.15) is 12.0 Å². The summed E-state index contributed by atoms with van der Waals surface area (Å²) in [5.74, 6) is -0.602. The van der Waals surface area contributed by atoms with E-state index in [-0.39, 0.29) is 30.9 Å². The largest absolute Gasteiger partial charge is 0.383 e. The molecule has 0 saturated carbocycles. The number of methoxy groups -OCH3 is 1. The Morgan fingerprint density at radius 3 is 2.85 bits per heavy atom. The Hall–Kier alpha value is -1.63. The fourth-order valence-electron chi connectivity index (χ4n) is 2.64. The van der Waals surface area contributed by atoms with Crippen molar-refractivity contribution in [1.29, 1.82) is 0 Å². The highest BCUT2D eigenvalue weighted by molar-refractivity contribution is 6.06. The van der Waals surface area contributed by atoms with Crippen LogP contribution in [-0.2, 0) is 19.1 Å². The van der Waals surface area contributed by atoms with Gasteiger partial charge in [-0.15, -0.1) is 0 Å². The third-order valence-corrected chi connectivity index (χ3v) is 3.99. The van der Waals surface area contributed by atoms with Crippen LogP contribution in [0.1, 0.15) is 19.8 Å². The van der Waals surface area contributed by atoms with Gasteiger partial charge in [-0.3, -0.25) is 14.4 Å². The van der Waals surface area contributed by atoms with Crippen LogP contribution in [0, 0.1) is 5.41 Å². The van der Waals surface area contributed by atoms with Crippen molar-refractivity contribution in [2.75, 3.05) is 40.0 Å². The standard InChI is InChI=1S/C13H21N3O4/c1-13(4-3-5-14-11(13)18)12(19)16-8-10(17)15(9-16)6-7-20-2/h3-9H2,1-2H3,(H,14,18). The Bertz CT molecular complexity index is 426. The van der Waals surface area contributed by atoms with Crippen LogP contribution in [0.3, 0.4) is 0 Å². The molecule has 2 rings (SSSR count). The van der Waals surface area contributed by atoms with Crippen LogP contribution in [0.5, 0.6) is 0 Å². The summed E-state index contributed by atoms with van der Waals surface area (Å²) >= 11 is 0. The maximum absolute atomic E-state index is 12.6. The van der Waals surface area contributed by atoms with Gasteiger partial charge < -0.3 is 19.9 Å². The molecule has 2 fully saturated rings. The van der Waals surface area contributed by atoms with Crippen LogP contribution in [0.25, 0.3) is 0 Å². The van der Waals surface area contributed by atoms with E-state index in [1.807, 2.05) is 0 Å². The Balaban J connectivity index is 2.03. The smallest absolute Gasteiger partial charge is 0.243 e. The molecule has 2 aliphatic rings. The number of amides is 3. The predicted octanol–water partition coefficient (Wildman–Crippen LogP) is -0.823. The molecule has 20 heavy (non-hydrogen) atoms. The second-order valence-electron chi connectivity index (χ2n) is 5.49. The lowest BCUT2D eigenvalue weighted by molar-refractivity contribution is -0.151. The second-order valence-corrected chi connectivity index (χ2v) is 5.49. The molecule has 7 nitrogen and oxygen atoms in total. The average Bonchev–Trinajstić information content (AvgIpc) is 2.80. The molecular weight excluding hydrogens is 262 g/mol. The Labute approximate surface area is 118 Å². The van der Waals surface area contributed by atoms with E-state index in [0.717, 1.165) is 6.42 Å². The second kappa shape index (κ2) is 5.78. The molecule has 0 bridgehead atoms. The minimum absolute atomic E-state index is 0.0470. The molecular formula is C13H21N3O4. The van der Waals surface area contributed by atoms with E-state index in [9.17, 15) is 14.4 Å². The van der Waals surface area contributed by atoms with Crippen LogP contribution in [-0.4, -0.2) is 67.5 Å². The summed E-state index contributed by atoms with van der Waals surface area (Å²) in [6.07, 6.45) is 1.31. The fraction of sp³-hybridized carbons (Fsp3) is 0.769. The van der Waals surface area contributed by atoms with Gasteiger partial charge in [0, 0.05) is 20.2 Å². The summed E-state index contributed by atoms with van der Waals surface area (Å²) in [5, 5.41) is 2.73. The van der Waals surface area contributed by atoms with Crippen molar-refractivity contribution in [3.8, 4) is 0 Å². The molecule has 1 atom stereocenters. The summed E-state index contributed by atoms with van der Waals surface area (Å²) in [7, 11) is 1.57. The zero-order chi connectivity index (χ0) is 14.8. The predicted molar refractivity (Wildman–Crippen MR) is 70.5 cm³/mol. The number of hydrogen-bond acceptors (Lipinski definition) is 4. The van der Waals surface area contributed by atoms with Crippen molar-refractivity contribution in [2.45, 2.75) is 19.8 Å². The highest BCUT2D eigenvalue weighted by atomic mass is 16.5. The third-order valence-electron chi connectivity index (χ3n) is 3.99. The van der Waals surface area contributed by atoms with Gasteiger partial charge in [0.2, 0.25) is 17.7 Å². The Morgan fingerprint density at radius 2 is 2.20 bits per heavy atom. The monoisotopic (exact) mass is 283 g/mol. The van der Waals surface area contributed by atoms with Crippen LogP contribution in [0.15, 0.2) is 0 Å². The number of carbonyl (C=O) groups is 3. The quantitative estimate of drug-likeness (QED) is 0.684. The van der Waals surface area contributed by atoms with E-state index in [1.54, 1.807) is 18.9 Å². The molecule has 3 amide bonds. The summed E-state index contributed by atoms with van der Waals surface area (Å²) in [6, 6.07) is 0. The topological polar surface area (TPSA) is 79.0 Å². The van der Waals surface area contributed by atoms with E-state index in [0.29, 0.717) is 26.1 Å². The van der Waals surface area contributed by atoms with Gasteiger partial charge in [0.05, 0.1) is 13.3 Å². The number of nitrogens with one attached hydrogen (secondary N) is 1. The highest BCUT2D eigenvalue weighted by Gasteiger charge is 2.47. The van der Waals surface area contributed by atoms with Crippen molar-refractivity contribution in [3.05, 3.63) is 0 Å². The summed E-state index contributed by atoms with van der Waals surface area (Å²) in [4.78, 5) is 39.4. The first kappa shape index (κ1) is 14.8. The molecule has 2 aliphatic heterocycles. The molecule has 0 aromatic heterocycles. The van der Waals surface area contributed by atoms with Gasteiger partial charge in [-0.2, -0.15) is 0 Å². The SMILES string of the molecule is COCCN1CN(C(=O)C2(C)CCCNC2=O)CC1=O. The highest BCUT2D eigenvalue weighted by Crippen LogP contribution is 2.30. The van der Waals surface area contributed by atoms with Crippen LogP contribution in [0.2, 0.25) is 0 Å². The molecule has 0 aromatic rings. The summed E-state index contributed by atoms with van der Waals surface area (Å²) in [6.45, 7) is 3.45. The van der Waals surface area contributed by atoms with Gasteiger partial charge in [-0.25, -0.2) is 0 Å². The molecule has 2 heterocycles. The lowest BCUT2D eigenvalue weighted by Crippen LogP contribution is -2.53. The lowest BCUT2D eigenvalue weighted by atomic mass is 9.80. The normalized spacial score (nSPS) is 26.9. The molecule has 0 spiro atoms. The van der Waals surface area contributed by atoms with E-state index < -0.39 is 5.41 Å². The average molecular weight is 283 g/mol. The van der Waals surface area contributed by atoms with Gasteiger partial charge in [-0.1, -0.05) is 0 Å². The molecule has 112 valence electrons. The molecule has 1 unspecified atom stereocenters. The molecule has 0 aromatic carbocycles. The van der Waals surface area contributed by atoms with Gasteiger partial charge in [0.25, 0.3) is 0 Å². The van der Waals surface area contributed by atoms with Crippen molar-refractivity contribution in [2.24, 2.45) is 5.41 Å². The van der Waals surface area contributed by atoms with Gasteiger partial charge in [0.15, 0.2) is 0 Å². The molecule has 0 radical (unpaired) electrons. The fourth-order valence-corrected chi connectivity index (χ4v) is 2.64. The first-order valence-corrected chi connectivity index (χ1v) is 6.83. The van der Waals surface area contributed by atoms with E-state index in [1.165, 1.54) is 4.90 Å². The van der Waals surface area contributed by atoms with Crippen molar-refractivity contribution < 1.29 is 19.1 Å². The number of piperidine rings is 1. The number of carbonyl (C=O) groups excluding carboxylic acids is 3. The molecule has 7 heteroatoms. The van der Waals surface area contributed by atoms with Crippen LogP contribution < -0.4 is 5.32 Å². The molecule has 2 saturated heterocycles. The van der Waals surface area contributed by atoms with Crippen LogP contribution in [0.4, 0.5) is 0 Å². The van der Waals surface area contributed by atoms with Gasteiger partial charge in [-0.05, 0) is 19.8 Å². The summed E-state index contributed by atoms with van der Waals surface area (Å²) < 4.78 is 4.94. The molecule has 0 aliphatic carbocycles. The van der Waals surface area contributed by atoms with Crippen molar-refractivity contribution in [3.63, 3.8) is 0 Å². The van der Waals surface area contributed by atoms with E-state index in [2.05, 4.69) is 5.32 Å². The zero-order valence-corrected chi connectivity index (χ0v) is 12.0. The maximum atomic E-state index is 12.6. The Kier molecular flexibility index (Phi) is 4.27. The van der Waals surface area contributed by atoms with Crippen LogP contribution >= 0.6 is 0 Å². The van der Waals surface area contributed by atoms with E-state index >= 15 is 0 Å². The Morgan fingerprint density at radius 1 is 1.45 bits per heavy atom. The number of nitrogens with zero attached hydrogens (tertiary/aromatic N) is 2. The van der Waals surface area contributed by atoms with Crippen molar-refractivity contribution in [1.82, 2.24) is 15.1 Å². The first-order chi connectivity index (χ1) is 9.49. The van der Waals surface area contributed by atoms with Crippen molar-refractivity contribution >= 4 is 17.7 Å².